The van der Waals surface area contributed by atoms with E-state index < -0.39 is 0 Å². The van der Waals surface area contributed by atoms with E-state index in [1.165, 1.54) is 0 Å². The van der Waals surface area contributed by atoms with Gasteiger partial charge in [-0.25, -0.2) is 0 Å². The molecule has 0 spiro atoms. The Morgan fingerprint density at radius 2 is 2.25 bits per heavy atom. The third-order valence-corrected chi connectivity index (χ3v) is 2.96. The lowest BCUT2D eigenvalue weighted by Gasteiger charge is -2.32. The summed E-state index contributed by atoms with van der Waals surface area (Å²) in [6, 6.07) is 0.376. The summed E-state index contributed by atoms with van der Waals surface area (Å²) in [6.07, 6.45) is 4.46. The predicted molar refractivity (Wildman–Crippen MR) is 43.5 cm³/mol. The van der Waals surface area contributed by atoms with Gasteiger partial charge in [0.15, 0.2) is 0 Å². The van der Waals surface area contributed by atoms with Crippen molar-refractivity contribution in [2.45, 2.75) is 31.7 Å². The Morgan fingerprint density at radius 1 is 1.42 bits per heavy atom. The molecule has 12 heavy (non-hydrogen) atoms. The van der Waals surface area contributed by atoms with Gasteiger partial charge in [-0.2, -0.15) is 0 Å². The van der Waals surface area contributed by atoms with Crippen LogP contribution in [0.1, 0.15) is 25.7 Å². The second-order valence-electron chi connectivity index (χ2n) is 3.70. The lowest BCUT2D eigenvalue weighted by Crippen LogP contribution is -2.40. The molecule has 0 aliphatic carbocycles. The van der Waals surface area contributed by atoms with Crippen LogP contribution < -0.4 is 0 Å². The molecule has 0 radical (unpaired) electrons. The first kappa shape index (κ1) is 7.77. The zero-order chi connectivity index (χ0) is 8.55. The van der Waals surface area contributed by atoms with Crippen molar-refractivity contribution in [1.82, 2.24) is 4.90 Å². The molecule has 2 fully saturated rings. The minimum absolute atomic E-state index is 0.206. The van der Waals surface area contributed by atoms with Gasteiger partial charge in [0.2, 0.25) is 5.91 Å². The quantitative estimate of drug-likeness (QED) is 0.536. The number of carbonyl (C=O) groups is 2. The highest BCUT2D eigenvalue weighted by Gasteiger charge is 2.35. The number of nitrogens with zero attached hydrogens (tertiary/aromatic N) is 1. The molecule has 2 saturated heterocycles. The van der Waals surface area contributed by atoms with Gasteiger partial charge in [-0.05, 0) is 19.3 Å². The van der Waals surface area contributed by atoms with Crippen LogP contribution in [0.5, 0.6) is 0 Å². The molecule has 3 heteroatoms. The Bertz CT molecular complexity index is 215. The molecule has 3 nitrogen and oxygen atoms in total. The molecule has 0 N–H and O–H groups in total. The van der Waals surface area contributed by atoms with Gasteiger partial charge in [0.25, 0.3) is 0 Å². The fourth-order valence-corrected chi connectivity index (χ4v) is 2.24. The lowest BCUT2D eigenvalue weighted by molar-refractivity contribution is -0.131. The predicted octanol–water partition coefficient (Wildman–Crippen LogP) is 0.586. The summed E-state index contributed by atoms with van der Waals surface area (Å²) >= 11 is 0. The number of fused-ring (bicyclic) bond motifs is 1. The monoisotopic (exact) mass is 167 g/mol. The Labute approximate surface area is 71.7 Å². The van der Waals surface area contributed by atoms with Gasteiger partial charge in [0, 0.05) is 24.9 Å². The van der Waals surface area contributed by atoms with E-state index in [1.807, 2.05) is 4.90 Å². The molecule has 1 amide bonds. The molecule has 2 atom stereocenters. The van der Waals surface area contributed by atoms with Crippen molar-refractivity contribution in [1.29, 1.82) is 0 Å². The van der Waals surface area contributed by atoms with Crippen molar-refractivity contribution < 1.29 is 9.59 Å². The smallest absolute Gasteiger partial charge is 0.222 e. The van der Waals surface area contributed by atoms with Crippen LogP contribution in [-0.4, -0.2) is 29.7 Å². The first-order valence-corrected chi connectivity index (χ1v) is 4.56. The number of aldehydes is 1. The number of carbonyl (C=O) groups excluding carboxylic acids is 2. The van der Waals surface area contributed by atoms with Crippen molar-refractivity contribution >= 4 is 12.2 Å². The normalized spacial score (nSPS) is 35.0. The van der Waals surface area contributed by atoms with E-state index in [0.29, 0.717) is 12.5 Å². The van der Waals surface area contributed by atoms with E-state index in [0.717, 1.165) is 32.1 Å². The van der Waals surface area contributed by atoms with Gasteiger partial charge in [-0.15, -0.1) is 0 Å². The summed E-state index contributed by atoms with van der Waals surface area (Å²) in [6.45, 7) is 0.799. The maximum absolute atomic E-state index is 11.2. The van der Waals surface area contributed by atoms with E-state index >= 15 is 0 Å². The van der Waals surface area contributed by atoms with Crippen molar-refractivity contribution in [2.24, 2.45) is 5.92 Å². The van der Waals surface area contributed by atoms with Crippen molar-refractivity contribution in [3.63, 3.8) is 0 Å². The second-order valence-corrected chi connectivity index (χ2v) is 3.70. The third-order valence-electron chi connectivity index (χ3n) is 2.96. The highest BCUT2D eigenvalue weighted by molar-refractivity contribution is 5.79. The molecule has 0 aromatic carbocycles. The topological polar surface area (TPSA) is 37.4 Å². The standard InChI is InChI=1S/C9H13NO2/c11-6-7-3-4-10-8(5-7)1-2-9(10)12/h6-8H,1-5H2/t7-,8?/m0/s1. The molecular weight excluding hydrogens is 154 g/mol. The fourth-order valence-electron chi connectivity index (χ4n) is 2.24. The molecule has 0 bridgehead atoms. The minimum Gasteiger partial charge on any atom is -0.340 e. The largest absolute Gasteiger partial charge is 0.340 e. The average molecular weight is 167 g/mol. The summed E-state index contributed by atoms with van der Waals surface area (Å²) in [5, 5.41) is 0. The average Bonchev–Trinajstić information content (AvgIpc) is 2.47. The van der Waals surface area contributed by atoms with Crippen LogP contribution in [-0.2, 0) is 9.59 Å². The second kappa shape index (κ2) is 2.88. The van der Waals surface area contributed by atoms with Crippen LogP contribution in [0.2, 0.25) is 0 Å². The van der Waals surface area contributed by atoms with E-state index in [2.05, 4.69) is 0 Å². The van der Waals surface area contributed by atoms with E-state index in [9.17, 15) is 9.59 Å². The summed E-state index contributed by atoms with van der Waals surface area (Å²) in [4.78, 5) is 23.7. The van der Waals surface area contributed by atoms with Crippen LogP contribution >= 0.6 is 0 Å². The minimum atomic E-state index is 0.206. The molecule has 1 unspecified atom stereocenters. The first-order valence-electron chi connectivity index (χ1n) is 4.56. The van der Waals surface area contributed by atoms with Crippen LogP contribution in [0.15, 0.2) is 0 Å². The van der Waals surface area contributed by atoms with Crippen molar-refractivity contribution in [2.75, 3.05) is 6.54 Å². The maximum Gasteiger partial charge on any atom is 0.222 e. The number of hydrogen-bond donors (Lipinski definition) is 0. The zero-order valence-corrected chi connectivity index (χ0v) is 7.03. The highest BCUT2D eigenvalue weighted by Crippen LogP contribution is 2.29. The van der Waals surface area contributed by atoms with Gasteiger partial charge in [-0.3, -0.25) is 4.79 Å². The van der Waals surface area contributed by atoms with Crippen LogP contribution in [0.25, 0.3) is 0 Å². The summed E-state index contributed by atoms with van der Waals surface area (Å²) < 4.78 is 0. The molecule has 2 aliphatic heterocycles. The Kier molecular flexibility index (Phi) is 1.87. The molecule has 0 aromatic heterocycles. The SMILES string of the molecule is O=C[C@H]1CCN2C(=O)CCC2C1. The van der Waals surface area contributed by atoms with Crippen molar-refractivity contribution in [3.8, 4) is 0 Å². The fraction of sp³-hybridized carbons (Fsp3) is 0.778. The molecule has 2 aliphatic rings. The number of hydrogen-bond acceptors (Lipinski definition) is 2. The van der Waals surface area contributed by atoms with Gasteiger partial charge in [0.05, 0.1) is 0 Å². The van der Waals surface area contributed by atoms with Gasteiger partial charge in [-0.1, -0.05) is 0 Å². The van der Waals surface area contributed by atoms with E-state index in [1.54, 1.807) is 0 Å². The van der Waals surface area contributed by atoms with E-state index in [4.69, 9.17) is 0 Å². The van der Waals surface area contributed by atoms with Crippen LogP contribution in [0.3, 0.4) is 0 Å². The van der Waals surface area contributed by atoms with Gasteiger partial charge in [0.1, 0.15) is 6.29 Å². The van der Waals surface area contributed by atoms with Gasteiger partial charge < -0.3 is 9.69 Å². The summed E-state index contributed by atoms with van der Waals surface area (Å²) in [5.41, 5.74) is 0. The maximum atomic E-state index is 11.2. The Balaban J connectivity index is 2.03. The lowest BCUT2D eigenvalue weighted by atomic mass is 9.92. The summed E-state index contributed by atoms with van der Waals surface area (Å²) in [5.74, 6) is 0.487. The van der Waals surface area contributed by atoms with Crippen LogP contribution in [0.4, 0.5) is 0 Å². The zero-order valence-electron chi connectivity index (χ0n) is 7.03. The molecule has 0 aromatic rings. The van der Waals surface area contributed by atoms with Crippen LogP contribution in [0, 0.1) is 5.92 Å². The summed E-state index contributed by atoms with van der Waals surface area (Å²) in [7, 11) is 0. The number of amides is 1. The number of rotatable bonds is 1. The molecule has 0 saturated carbocycles. The number of piperidine rings is 1. The Morgan fingerprint density at radius 3 is 3.00 bits per heavy atom. The third kappa shape index (κ3) is 1.13. The Hall–Kier alpha value is -0.860. The first-order chi connectivity index (χ1) is 5.81. The molecule has 2 heterocycles. The van der Waals surface area contributed by atoms with Gasteiger partial charge >= 0.3 is 0 Å². The molecule has 2 rings (SSSR count). The van der Waals surface area contributed by atoms with E-state index in [-0.39, 0.29) is 11.8 Å². The molecule has 66 valence electrons. The van der Waals surface area contributed by atoms with Crippen molar-refractivity contribution in [3.05, 3.63) is 0 Å². The highest BCUT2D eigenvalue weighted by atomic mass is 16.2. The molecular formula is C9H13NO2.